The van der Waals surface area contributed by atoms with Crippen LogP contribution < -0.4 is 0 Å². The average molecular weight is 287 g/mol. The van der Waals surface area contributed by atoms with Crippen LogP contribution in [-0.4, -0.2) is 16.8 Å². The van der Waals surface area contributed by atoms with E-state index in [0.717, 1.165) is 31.2 Å². The third-order valence-electron chi connectivity index (χ3n) is 5.65. The normalized spacial score (nSPS) is 30.6. The van der Waals surface area contributed by atoms with Crippen molar-refractivity contribution in [3.8, 4) is 0 Å². The third kappa shape index (κ3) is 2.37. The zero-order valence-electron chi connectivity index (χ0n) is 12.4. The molecule has 0 unspecified atom stereocenters. The maximum Gasteiger partial charge on any atom is 0.229 e. The zero-order chi connectivity index (χ0) is 14.4. The van der Waals surface area contributed by atoms with Gasteiger partial charge in [0.15, 0.2) is 0 Å². The van der Waals surface area contributed by atoms with Crippen LogP contribution in [0.4, 0.5) is 4.39 Å². The van der Waals surface area contributed by atoms with E-state index in [1.165, 1.54) is 31.4 Å². The largest absolute Gasteiger partial charge is 0.335 e. The van der Waals surface area contributed by atoms with Crippen LogP contribution >= 0.6 is 0 Å². The van der Waals surface area contributed by atoms with Gasteiger partial charge in [-0.05, 0) is 49.3 Å². The number of fused-ring (bicyclic) bond motifs is 1. The van der Waals surface area contributed by atoms with Gasteiger partial charge in [0.05, 0.1) is 5.41 Å². The topological polar surface area (TPSA) is 20.3 Å². The average Bonchev–Trinajstić information content (AvgIpc) is 3.37. The Bertz CT molecular complexity index is 541. The fourth-order valence-electron chi connectivity index (χ4n) is 3.88. The molecular formula is C18H22FNO. The van der Waals surface area contributed by atoms with E-state index in [2.05, 4.69) is 4.90 Å². The second kappa shape index (κ2) is 4.82. The van der Waals surface area contributed by atoms with Gasteiger partial charge in [-0.15, -0.1) is 0 Å². The molecule has 0 heterocycles. The van der Waals surface area contributed by atoms with Crippen molar-refractivity contribution in [3.63, 3.8) is 0 Å². The molecule has 3 saturated carbocycles. The Balaban J connectivity index is 1.53. The number of benzene rings is 1. The van der Waals surface area contributed by atoms with Gasteiger partial charge in [0.1, 0.15) is 5.82 Å². The summed E-state index contributed by atoms with van der Waals surface area (Å²) in [6, 6.07) is 7.01. The van der Waals surface area contributed by atoms with Crippen molar-refractivity contribution in [2.24, 2.45) is 11.3 Å². The number of rotatable bonds is 4. The Morgan fingerprint density at radius 1 is 1.14 bits per heavy atom. The van der Waals surface area contributed by atoms with Crippen molar-refractivity contribution >= 4 is 5.91 Å². The van der Waals surface area contributed by atoms with Gasteiger partial charge >= 0.3 is 0 Å². The molecule has 0 bridgehead atoms. The van der Waals surface area contributed by atoms with Gasteiger partial charge in [0.2, 0.25) is 5.91 Å². The predicted octanol–water partition coefficient (Wildman–Crippen LogP) is 3.90. The summed E-state index contributed by atoms with van der Waals surface area (Å²) in [6.45, 7) is 0.651. The Morgan fingerprint density at radius 2 is 1.76 bits per heavy atom. The van der Waals surface area contributed by atoms with E-state index < -0.39 is 0 Å². The molecule has 0 aliphatic heterocycles. The zero-order valence-corrected chi connectivity index (χ0v) is 12.4. The van der Waals surface area contributed by atoms with E-state index in [4.69, 9.17) is 0 Å². The number of halogens is 1. The summed E-state index contributed by atoms with van der Waals surface area (Å²) in [5, 5.41) is 0. The fraction of sp³-hybridized carbons (Fsp3) is 0.611. The van der Waals surface area contributed by atoms with Gasteiger partial charge in [-0.2, -0.15) is 0 Å². The van der Waals surface area contributed by atoms with Crippen LogP contribution in [0.2, 0.25) is 0 Å². The summed E-state index contributed by atoms with van der Waals surface area (Å²) < 4.78 is 13.1. The van der Waals surface area contributed by atoms with Gasteiger partial charge < -0.3 is 4.90 Å². The van der Waals surface area contributed by atoms with Crippen molar-refractivity contribution in [3.05, 3.63) is 35.6 Å². The van der Waals surface area contributed by atoms with Gasteiger partial charge in [-0.3, -0.25) is 4.79 Å². The second-order valence-electron chi connectivity index (χ2n) is 7.11. The number of carbonyl (C=O) groups is 1. The summed E-state index contributed by atoms with van der Waals surface area (Å²) in [7, 11) is 0. The minimum Gasteiger partial charge on any atom is -0.335 e. The van der Waals surface area contributed by atoms with Crippen molar-refractivity contribution < 1.29 is 9.18 Å². The van der Waals surface area contributed by atoms with Gasteiger partial charge in [-0.25, -0.2) is 4.39 Å². The molecule has 3 aliphatic rings. The molecule has 0 aromatic heterocycles. The molecule has 112 valence electrons. The highest BCUT2D eigenvalue weighted by atomic mass is 19.1. The number of hydrogen-bond acceptors (Lipinski definition) is 1. The Morgan fingerprint density at radius 3 is 2.33 bits per heavy atom. The summed E-state index contributed by atoms with van der Waals surface area (Å²) in [6.07, 6.45) is 8.24. The maximum absolute atomic E-state index is 13.1. The fourth-order valence-corrected chi connectivity index (χ4v) is 3.88. The van der Waals surface area contributed by atoms with Crippen molar-refractivity contribution in [2.45, 2.75) is 57.5 Å². The van der Waals surface area contributed by atoms with Gasteiger partial charge in [0, 0.05) is 12.6 Å². The maximum atomic E-state index is 13.1. The number of carbonyl (C=O) groups excluding carboxylic acids is 1. The SMILES string of the molecule is O=C(N(Cc1ccc(F)cc1)C1CCCCC1)C12CC1C2. The van der Waals surface area contributed by atoms with E-state index in [0.29, 0.717) is 24.4 Å². The van der Waals surface area contributed by atoms with Crippen LogP contribution in [0.1, 0.15) is 50.5 Å². The van der Waals surface area contributed by atoms with Crippen LogP contribution in [0.15, 0.2) is 24.3 Å². The van der Waals surface area contributed by atoms with Crippen LogP contribution in [0.25, 0.3) is 0 Å². The number of hydrogen-bond donors (Lipinski definition) is 0. The van der Waals surface area contributed by atoms with E-state index in [1.54, 1.807) is 0 Å². The van der Waals surface area contributed by atoms with Gasteiger partial charge in [0.25, 0.3) is 0 Å². The molecule has 1 aromatic rings. The molecular weight excluding hydrogens is 265 g/mol. The summed E-state index contributed by atoms with van der Waals surface area (Å²) in [5.74, 6) is 0.852. The first-order chi connectivity index (χ1) is 10.2. The first kappa shape index (κ1) is 13.3. The molecule has 1 aromatic carbocycles. The smallest absolute Gasteiger partial charge is 0.229 e. The van der Waals surface area contributed by atoms with Crippen molar-refractivity contribution in [2.75, 3.05) is 0 Å². The molecule has 0 atom stereocenters. The minimum absolute atomic E-state index is 0.0392. The lowest BCUT2D eigenvalue weighted by atomic mass is 9.93. The quantitative estimate of drug-likeness (QED) is 0.822. The van der Waals surface area contributed by atoms with Gasteiger partial charge in [-0.1, -0.05) is 31.4 Å². The highest BCUT2D eigenvalue weighted by molar-refractivity contribution is 5.90. The van der Waals surface area contributed by atoms with Crippen LogP contribution in [-0.2, 0) is 11.3 Å². The molecule has 3 fully saturated rings. The molecule has 21 heavy (non-hydrogen) atoms. The molecule has 0 saturated heterocycles. The predicted molar refractivity (Wildman–Crippen MR) is 79.0 cm³/mol. The highest BCUT2D eigenvalue weighted by Crippen LogP contribution is 2.76. The van der Waals surface area contributed by atoms with E-state index in [1.807, 2.05) is 12.1 Å². The monoisotopic (exact) mass is 287 g/mol. The molecule has 3 aliphatic carbocycles. The summed E-state index contributed by atoms with van der Waals surface area (Å²) in [4.78, 5) is 15.0. The Labute approximate surface area is 125 Å². The molecule has 0 spiro atoms. The first-order valence-electron chi connectivity index (χ1n) is 8.24. The highest BCUT2D eigenvalue weighted by Gasteiger charge is 2.75. The molecule has 4 rings (SSSR count). The number of amides is 1. The standard InChI is InChI=1S/C18H22FNO/c19-15-8-6-13(7-9-15)12-20(16-4-2-1-3-5-16)17(21)18-10-14(18)11-18/h6-9,14,16H,1-5,10-12H2. The summed E-state index contributed by atoms with van der Waals surface area (Å²) >= 11 is 0. The van der Waals surface area contributed by atoms with Crippen LogP contribution in [0.3, 0.4) is 0 Å². The summed E-state index contributed by atoms with van der Waals surface area (Å²) in [5.41, 5.74) is 1.09. The molecule has 0 N–H and O–H groups in total. The van der Waals surface area contributed by atoms with Crippen molar-refractivity contribution in [1.29, 1.82) is 0 Å². The lowest BCUT2D eigenvalue weighted by Crippen LogP contribution is -2.43. The lowest BCUT2D eigenvalue weighted by molar-refractivity contribution is -0.138. The molecule has 3 heteroatoms. The van der Waals surface area contributed by atoms with E-state index in [9.17, 15) is 9.18 Å². The molecule has 2 nitrogen and oxygen atoms in total. The first-order valence-corrected chi connectivity index (χ1v) is 8.24. The second-order valence-corrected chi connectivity index (χ2v) is 7.11. The van der Waals surface area contributed by atoms with E-state index in [-0.39, 0.29) is 11.2 Å². The van der Waals surface area contributed by atoms with Crippen LogP contribution in [0, 0.1) is 17.2 Å². The van der Waals surface area contributed by atoms with Crippen LogP contribution in [0.5, 0.6) is 0 Å². The third-order valence-corrected chi connectivity index (χ3v) is 5.65. The molecule has 0 radical (unpaired) electrons. The lowest BCUT2D eigenvalue weighted by Gasteiger charge is -2.35. The molecule has 1 amide bonds. The number of nitrogens with zero attached hydrogens (tertiary/aromatic N) is 1. The Hall–Kier alpha value is -1.38. The minimum atomic E-state index is -0.211. The van der Waals surface area contributed by atoms with Crippen molar-refractivity contribution in [1.82, 2.24) is 4.90 Å². The van der Waals surface area contributed by atoms with E-state index >= 15 is 0 Å². The Kier molecular flexibility index (Phi) is 3.05.